The van der Waals surface area contributed by atoms with Crippen molar-refractivity contribution in [3.8, 4) is 23.3 Å². The Balaban J connectivity index is 2.20. The summed E-state index contributed by atoms with van der Waals surface area (Å²) in [5.74, 6) is -1.31. The van der Waals surface area contributed by atoms with Crippen molar-refractivity contribution in [2.45, 2.75) is 25.4 Å². The third-order valence-electron chi connectivity index (χ3n) is 3.52. The summed E-state index contributed by atoms with van der Waals surface area (Å²) >= 11 is 0. The van der Waals surface area contributed by atoms with Crippen LogP contribution >= 0.6 is 0 Å². The van der Waals surface area contributed by atoms with Crippen molar-refractivity contribution < 1.29 is 39.3 Å². The zero-order valence-electron chi connectivity index (χ0n) is 14.6. The van der Waals surface area contributed by atoms with Gasteiger partial charge in [0.1, 0.15) is 28.9 Å². The van der Waals surface area contributed by atoms with Crippen LogP contribution in [0.3, 0.4) is 0 Å². The maximum absolute atomic E-state index is 13.0. The van der Waals surface area contributed by atoms with E-state index < -0.39 is 46.0 Å². The van der Waals surface area contributed by atoms with Gasteiger partial charge in [-0.1, -0.05) is 12.1 Å². The standard InChI is InChI=1S/C18H14F5NO4S/c19-17(20)8-3-9-29(25,26)28-13-5-1-4-12(10-13)27-16-7-2-6-15(14(16)11-24)18(21,22)23/h1-2,4-7,10,17H,3,8-9H2. The number of alkyl halides is 5. The molecule has 0 saturated carbocycles. The molecule has 0 aromatic heterocycles. The van der Waals surface area contributed by atoms with Crippen LogP contribution in [-0.4, -0.2) is 20.6 Å². The highest BCUT2D eigenvalue weighted by Gasteiger charge is 2.35. The number of hydrogen-bond acceptors (Lipinski definition) is 5. The normalized spacial score (nSPS) is 11.9. The molecule has 0 aliphatic rings. The predicted octanol–water partition coefficient (Wildman–Crippen LogP) is 5.12. The van der Waals surface area contributed by atoms with Crippen LogP contribution in [0.2, 0.25) is 0 Å². The van der Waals surface area contributed by atoms with Gasteiger partial charge in [-0.3, -0.25) is 0 Å². The molecule has 0 saturated heterocycles. The van der Waals surface area contributed by atoms with Crippen LogP contribution in [0.15, 0.2) is 42.5 Å². The van der Waals surface area contributed by atoms with Crippen molar-refractivity contribution >= 4 is 10.1 Å². The quantitative estimate of drug-likeness (QED) is 0.425. The number of benzene rings is 2. The molecule has 0 bridgehead atoms. The summed E-state index contributed by atoms with van der Waals surface area (Å²) in [5.41, 5.74) is -1.91. The van der Waals surface area contributed by atoms with E-state index in [4.69, 9.17) is 14.2 Å². The molecule has 2 aromatic rings. The Morgan fingerprint density at radius 2 is 1.72 bits per heavy atom. The van der Waals surface area contributed by atoms with Crippen molar-refractivity contribution in [2.75, 3.05) is 5.75 Å². The van der Waals surface area contributed by atoms with E-state index in [-0.39, 0.29) is 23.7 Å². The monoisotopic (exact) mass is 435 g/mol. The molecule has 0 N–H and O–H groups in total. The molecule has 2 rings (SSSR count). The lowest BCUT2D eigenvalue weighted by Crippen LogP contribution is -2.14. The Bertz CT molecular complexity index is 1000. The van der Waals surface area contributed by atoms with Gasteiger partial charge in [0.25, 0.3) is 0 Å². The summed E-state index contributed by atoms with van der Waals surface area (Å²) < 4.78 is 97.0. The average molecular weight is 435 g/mol. The van der Waals surface area contributed by atoms with Crippen LogP contribution in [-0.2, 0) is 16.3 Å². The van der Waals surface area contributed by atoms with Gasteiger partial charge in [0.05, 0.1) is 11.3 Å². The van der Waals surface area contributed by atoms with Crippen molar-refractivity contribution in [1.29, 1.82) is 5.26 Å². The molecular formula is C18H14F5NO4S. The third kappa shape index (κ3) is 6.60. The van der Waals surface area contributed by atoms with Gasteiger partial charge in [0.15, 0.2) is 0 Å². The Labute approximate surface area is 163 Å². The second-order valence-corrected chi connectivity index (χ2v) is 7.43. The Kier molecular flexibility index (Phi) is 7.02. The molecular weight excluding hydrogens is 421 g/mol. The van der Waals surface area contributed by atoms with Crippen molar-refractivity contribution in [2.24, 2.45) is 0 Å². The summed E-state index contributed by atoms with van der Waals surface area (Å²) in [7, 11) is -4.15. The van der Waals surface area contributed by atoms with Gasteiger partial charge in [-0.15, -0.1) is 0 Å². The second-order valence-electron chi connectivity index (χ2n) is 5.74. The van der Waals surface area contributed by atoms with E-state index >= 15 is 0 Å². The molecule has 2 aromatic carbocycles. The summed E-state index contributed by atoms with van der Waals surface area (Å²) in [6, 6.07) is 9.36. The first-order chi connectivity index (χ1) is 13.5. The first-order valence-electron chi connectivity index (χ1n) is 8.10. The molecule has 156 valence electrons. The average Bonchev–Trinajstić information content (AvgIpc) is 2.60. The lowest BCUT2D eigenvalue weighted by molar-refractivity contribution is -0.137. The zero-order chi connectivity index (χ0) is 21.7. The van der Waals surface area contributed by atoms with Crippen molar-refractivity contribution in [1.82, 2.24) is 0 Å². The van der Waals surface area contributed by atoms with Gasteiger partial charge in [-0.25, -0.2) is 8.78 Å². The van der Waals surface area contributed by atoms with E-state index in [1.54, 1.807) is 0 Å². The van der Waals surface area contributed by atoms with E-state index in [2.05, 4.69) is 0 Å². The predicted molar refractivity (Wildman–Crippen MR) is 92.3 cm³/mol. The highest BCUT2D eigenvalue weighted by Crippen LogP contribution is 2.37. The fraction of sp³-hybridized carbons (Fsp3) is 0.278. The van der Waals surface area contributed by atoms with Gasteiger partial charge in [-0.2, -0.15) is 26.9 Å². The SMILES string of the molecule is N#Cc1c(Oc2cccc(OS(=O)(=O)CCCC(F)F)c2)cccc1C(F)(F)F. The first-order valence-corrected chi connectivity index (χ1v) is 9.68. The van der Waals surface area contributed by atoms with Crippen molar-refractivity contribution in [3.05, 3.63) is 53.6 Å². The van der Waals surface area contributed by atoms with Crippen LogP contribution in [0.5, 0.6) is 17.2 Å². The van der Waals surface area contributed by atoms with Gasteiger partial charge in [0.2, 0.25) is 6.43 Å². The zero-order valence-corrected chi connectivity index (χ0v) is 15.4. The summed E-state index contributed by atoms with van der Waals surface area (Å²) in [4.78, 5) is 0. The van der Waals surface area contributed by atoms with Gasteiger partial charge in [-0.05, 0) is 30.7 Å². The fourth-order valence-electron chi connectivity index (χ4n) is 2.29. The maximum Gasteiger partial charge on any atom is 0.417 e. The number of hydrogen-bond donors (Lipinski definition) is 0. The molecule has 0 unspecified atom stereocenters. The Morgan fingerprint density at radius 3 is 2.34 bits per heavy atom. The number of halogens is 5. The molecule has 0 amide bonds. The molecule has 0 atom stereocenters. The maximum atomic E-state index is 13.0. The van der Waals surface area contributed by atoms with Crippen LogP contribution in [0.25, 0.3) is 0 Å². The number of rotatable bonds is 8. The van der Waals surface area contributed by atoms with Crippen LogP contribution in [0, 0.1) is 11.3 Å². The highest BCUT2D eigenvalue weighted by molar-refractivity contribution is 7.87. The minimum atomic E-state index is -4.76. The topological polar surface area (TPSA) is 76.4 Å². The van der Waals surface area contributed by atoms with Gasteiger partial charge in [0, 0.05) is 12.5 Å². The first kappa shape index (κ1) is 22.4. The Morgan fingerprint density at radius 1 is 1.07 bits per heavy atom. The van der Waals surface area contributed by atoms with Gasteiger partial charge >= 0.3 is 16.3 Å². The molecule has 29 heavy (non-hydrogen) atoms. The summed E-state index contributed by atoms with van der Waals surface area (Å²) in [6.07, 6.45) is -8.30. The van der Waals surface area contributed by atoms with E-state index in [1.807, 2.05) is 0 Å². The number of ether oxygens (including phenoxy) is 1. The minimum Gasteiger partial charge on any atom is -0.456 e. The molecule has 0 spiro atoms. The number of nitrogens with zero attached hydrogens (tertiary/aromatic N) is 1. The second kappa shape index (κ2) is 9.09. The number of nitriles is 1. The lowest BCUT2D eigenvalue weighted by atomic mass is 10.1. The van der Waals surface area contributed by atoms with Gasteiger partial charge < -0.3 is 8.92 Å². The smallest absolute Gasteiger partial charge is 0.417 e. The van der Waals surface area contributed by atoms with E-state index in [9.17, 15) is 30.4 Å². The molecule has 0 aliphatic heterocycles. The highest BCUT2D eigenvalue weighted by atomic mass is 32.2. The van der Waals surface area contributed by atoms with Crippen LogP contribution in [0.1, 0.15) is 24.0 Å². The van der Waals surface area contributed by atoms with E-state index in [0.29, 0.717) is 0 Å². The molecule has 5 nitrogen and oxygen atoms in total. The van der Waals surface area contributed by atoms with E-state index in [1.165, 1.54) is 24.3 Å². The fourth-order valence-corrected chi connectivity index (χ4v) is 3.29. The van der Waals surface area contributed by atoms with Crippen LogP contribution in [0.4, 0.5) is 22.0 Å². The summed E-state index contributed by atoms with van der Waals surface area (Å²) in [5, 5.41) is 9.08. The summed E-state index contributed by atoms with van der Waals surface area (Å²) in [6.45, 7) is 0. The molecule has 0 fully saturated rings. The lowest BCUT2D eigenvalue weighted by Gasteiger charge is -2.13. The molecule has 11 heteroatoms. The molecule has 0 aliphatic carbocycles. The molecule has 0 heterocycles. The van der Waals surface area contributed by atoms with Crippen molar-refractivity contribution in [3.63, 3.8) is 0 Å². The van der Waals surface area contributed by atoms with E-state index in [0.717, 1.165) is 24.3 Å². The Hall–Kier alpha value is -2.87. The molecule has 0 radical (unpaired) electrons. The minimum absolute atomic E-state index is 0.0823. The third-order valence-corrected chi connectivity index (χ3v) is 4.75. The van der Waals surface area contributed by atoms with Crippen LogP contribution < -0.4 is 8.92 Å². The largest absolute Gasteiger partial charge is 0.456 e.